The molecule has 29 heavy (non-hydrogen) atoms. The van der Waals surface area contributed by atoms with E-state index >= 15 is 0 Å². The first-order chi connectivity index (χ1) is 14.1. The number of aromatic nitrogens is 1. The second-order valence-corrected chi connectivity index (χ2v) is 8.39. The molecule has 1 saturated carbocycles. The van der Waals surface area contributed by atoms with Crippen LogP contribution in [0.4, 0.5) is 5.13 Å². The topological polar surface area (TPSA) is 86.5 Å². The molecule has 2 aromatic carbocycles. The molecule has 4 rings (SSSR count). The number of hydrogen-bond acceptors (Lipinski definition) is 7. The molecule has 4 N–H and O–H groups in total. The van der Waals surface area contributed by atoms with Gasteiger partial charge in [-0.25, -0.2) is 9.98 Å². The smallest absolute Gasteiger partial charge is 0.209 e. The summed E-state index contributed by atoms with van der Waals surface area (Å²) in [6.07, 6.45) is 2.14. The van der Waals surface area contributed by atoms with Gasteiger partial charge in [-0.3, -0.25) is 5.14 Å². The van der Waals surface area contributed by atoms with E-state index in [4.69, 9.17) is 20.6 Å². The lowest BCUT2D eigenvalue weighted by Gasteiger charge is -2.16. The van der Waals surface area contributed by atoms with Gasteiger partial charge in [0.15, 0.2) is 5.76 Å². The highest BCUT2D eigenvalue weighted by Gasteiger charge is 2.30. The van der Waals surface area contributed by atoms with Gasteiger partial charge in [0.05, 0.1) is 11.4 Å². The van der Waals surface area contributed by atoms with Crippen LogP contribution in [0.15, 0.2) is 81.3 Å². The number of benzene rings is 2. The highest BCUT2D eigenvalue weighted by atomic mass is 32.2. The van der Waals surface area contributed by atoms with Crippen LogP contribution in [-0.2, 0) is 0 Å². The molecule has 1 fully saturated rings. The van der Waals surface area contributed by atoms with Crippen LogP contribution in [0.25, 0.3) is 0 Å². The zero-order chi connectivity index (χ0) is 20.2. The Kier molecular flexibility index (Phi) is 5.99. The van der Waals surface area contributed by atoms with E-state index in [1.807, 2.05) is 66.9 Å². The molecule has 5 nitrogen and oxygen atoms in total. The third-order valence-corrected chi connectivity index (χ3v) is 5.93. The molecular weight excluding hydrogens is 400 g/mol. The molecule has 0 atom stereocenters. The average molecular weight is 423 g/mol. The molecule has 0 amide bonds. The average Bonchev–Trinajstić information content (AvgIpc) is 3.53. The molecule has 0 radical (unpaired) electrons. The van der Waals surface area contributed by atoms with Gasteiger partial charge in [-0.05, 0) is 56.0 Å². The monoisotopic (exact) mass is 422 g/mol. The molecule has 3 aromatic rings. The predicted molar refractivity (Wildman–Crippen MR) is 121 cm³/mol. The lowest BCUT2D eigenvalue weighted by molar-refractivity contribution is 0.443. The fourth-order valence-electron chi connectivity index (χ4n) is 2.86. The zero-order valence-corrected chi connectivity index (χ0v) is 17.7. The molecule has 1 aromatic heterocycles. The Labute approximate surface area is 178 Å². The number of aryl methyl sites for hydroxylation is 1. The highest BCUT2D eigenvalue weighted by Crippen LogP contribution is 2.37. The maximum absolute atomic E-state index is 6.56. The largest absolute Gasteiger partial charge is 0.453 e. The van der Waals surface area contributed by atoms with Crippen molar-refractivity contribution in [3.8, 4) is 5.75 Å². The minimum absolute atomic E-state index is 0.329. The third kappa shape index (κ3) is 4.87. The van der Waals surface area contributed by atoms with Crippen LogP contribution in [0, 0.1) is 12.8 Å². The number of allylic oxidation sites excluding steroid dienone is 2. The van der Waals surface area contributed by atoms with Crippen molar-refractivity contribution in [1.82, 2.24) is 4.98 Å². The van der Waals surface area contributed by atoms with E-state index in [0.29, 0.717) is 28.3 Å². The zero-order valence-electron chi connectivity index (χ0n) is 16.0. The Bertz CT molecular complexity index is 1040. The minimum Gasteiger partial charge on any atom is -0.453 e. The lowest BCUT2D eigenvalue weighted by atomic mass is 10.1. The second-order valence-electron chi connectivity index (χ2n) is 6.85. The number of hydrogen-bond donors (Lipinski definition) is 2. The van der Waals surface area contributed by atoms with Gasteiger partial charge in [0.1, 0.15) is 11.5 Å². The molecule has 0 aliphatic heterocycles. The van der Waals surface area contributed by atoms with E-state index in [-0.39, 0.29) is 0 Å². The van der Waals surface area contributed by atoms with Gasteiger partial charge in [-0.15, -0.1) is 11.3 Å². The Morgan fingerprint density at radius 3 is 2.45 bits per heavy atom. The minimum atomic E-state index is 0.329. The summed E-state index contributed by atoms with van der Waals surface area (Å²) in [5, 5.41) is 8.30. The summed E-state index contributed by atoms with van der Waals surface area (Å²) < 4.78 is 6.32. The van der Waals surface area contributed by atoms with Crippen molar-refractivity contribution in [2.45, 2.75) is 24.7 Å². The van der Waals surface area contributed by atoms with E-state index in [1.165, 1.54) is 23.3 Å². The van der Waals surface area contributed by atoms with Gasteiger partial charge in [-0.2, -0.15) is 0 Å². The normalized spacial score (nSPS) is 15.2. The van der Waals surface area contributed by atoms with E-state index in [2.05, 4.69) is 4.98 Å². The maximum atomic E-state index is 6.56. The van der Waals surface area contributed by atoms with Crippen LogP contribution in [0.1, 0.15) is 24.1 Å². The van der Waals surface area contributed by atoms with Crippen LogP contribution < -0.4 is 15.6 Å². The van der Waals surface area contributed by atoms with E-state index in [1.54, 1.807) is 0 Å². The third-order valence-electron chi connectivity index (χ3n) is 4.54. The van der Waals surface area contributed by atoms with Gasteiger partial charge >= 0.3 is 0 Å². The molecular formula is C22H22N4OS2. The summed E-state index contributed by atoms with van der Waals surface area (Å²) in [5.41, 5.74) is 9.87. The molecule has 0 unspecified atom stereocenters. The van der Waals surface area contributed by atoms with Crippen LogP contribution >= 0.6 is 23.3 Å². The Morgan fingerprint density at radius 2 is 1.86 bits per heavy atom. The number of rotatable bonds is 7. The SMILES string of the molecule is Cc1csc(N=C(C(Oc2ccc(SN)cc2)=C(N)C2CC2)c2ccccc2)n1. The Hall–Kier alpha value is -2.61. The summed E-state index contributed by atoms with van der Waals surface area (Å²) in [6, 6.07) is 17.6. The van der Waals surface area contributed by atoms with Crippen molar-refractivity contribution in [3.05, 3.63) is 82.7 Å². The van der Waals surface area contributed by atoms with E-state index in [9.17, 15) is 0 Å². The number of thiazole rings is 1. The molecule has 1 aliphatic rings. The number of aliphatic imine (C=N–C) groups is 1. The molecule has 0 spiro atoms. The molecule has 0 saturated heterocycles. The lowest BCUT2D eigenvalue weighted by Crippen LogP contribution is -2.18. The van der Waals surface area contributed by atoms with Gasteiger partial charge in [-0.1, -0.05) is 30.3 Å². The summed E-state index contributed by atoms with van der Waals surface area (Å²) >= 11 is 2.70. The second kappa shape index (κ2) is 8.82. The number of nitrogens with zero attached hydrogens (tertiary/aromatic N) is 2. The van der Waals surface area contributed by atoms with E-state index in [0.717, 1.165) is 34.7 Å². The first-order valence-corrected chi connectivity index (χ1v) is 11.1. The van der Waals surface area contributed by atoms with Crippen molar-refractivity contribution in [1.29, 1.82) is 0 Å². The Balaban J connectivity index is 1.80. The summed E-state index contributed by atoms with van der Waals surface area (Å²) in [5.74, 6) is 1.62. The maximum Gasteiger partial charge on any atom is 0.209 e. The predicted octanol–water partition coefficient (Wildman–Crippen LogP) is 5.20. The quantitative estimate of drug-likeness (QED) is 0.311. The summed E-state index contributed by atoms with van der Waals surface area (Å²) in [6.45, 7) is 1.96. The van der Waals surface area contributed by atoms with Gasteiger partial charge < -0.3 is 10.5 Å². The summed E-state index contributed by atoms with van der Waals surface area (Å²) in [7, 11) is 0. The molecule has 1 aliphatic carbocycles. The van der Waals surface area contributed by atoms with E-state index < -0.39 is 0 Å². The number of ether oxygens (including phenoxy) is 1. The molecule has 0 bridgehead atoms. The fraction of sp³-hybridized carbons (Fsp3) is 0.182. The molecule has 1 heterocycles. The van der Waals surface area contributed by atoms with Gasteiger partial charge in [0.25, 0.3) is 0 Å². The van der Waals surface area contributed by atoms with Gasteiger partial charge in [0.2, 0.25) is 5.13 Å². The Morgan fingerprint density at radius 1 is 1.14 bits per heavy atom. The van der Waals surface area contributed by atoms with Crippen molar-refractivity contribution in [3.63, 3.8) is 0 Å². The van der Waals surface area contributed by atoms with Crippen molar-refractivity contribution >= 4 is 34.1 Å². The fourth-order valence-corrected chi connectivity index (χ4v) is 3.82. The highest BCUT2D eigenvalue weighted by molar-refractivity contribution is 7.97. The van der Waals surface area contributed by atoms with Crippen molar-refractivity contribution < 1.29 is 4.74 Å². The number of nitrogens with two attached hydrogens (primary N) is 2. The summed E-state index contributed by atoms with van der Waals surface area (Å²) in [4.78, 5) is 10.3. The van der Waals surface area contributed by atoms with Crippen LogP contribution in [0.3, 0.4) is 0 Å². The van der Waals surface area contributed by atoms with Crippen molar-refractivity contribution in [2.75, 3.05) is 0 Å². The molecule has 7 heteroatoms. The van der Waals surface area contributed by atoms with Crippen LogP contribution in [0.5, 0.6) is 5.75 Å². The first kappa shape index (κ1) is 19.7. The first-order valence-electron chi connectivity index (χ1n) is 9.35. The van der Waals surface area contributed by atoms with Gasteiger partial charge in [0, 0.05) is 21.8 Å². The molecule has 148 valence electrons. The van der Waals surface area contributed by atoms with Crippen molar-refractivity contribution in [2.24, 2.45) is 21.8 Å². The standard InChI is InChI=1S/C22H22N4OS2/c1-14-13-28-22(25-14)26-20(16-5-3-2-4-6-16)21(19(23)15-7-8-15)27-17-9-11-18(29-24)12-10-17/h2-6,9-13,15H,7-8,23-24H2,1H3. The van der Waals surface area contributed by atoms with Crippen LogP contribution in [0.2, 0.25) is 0 Å². The van der Waals surface area contributed by atoms with Crippen LogP contribution in [-0.4, -0.2) is 10.7 Å².